The lowest BCUT2D eigenvalue weighted by Gasteiger charge is -2.04. The summed E-state index contributed by atoms with van der Waals surface area (Å²) in [6, 6.07) is 1.61. The smallest absolute Gasteiger partial charge is 0.223 e. The van der Waals surface area contributed by atoms with Crippen molar-refractivity contribution in [3.8, 4) is 0 Å². The van der Waals surface area contributed by atoms with E-state index in [-0.39, 0.29) is 0 Å². The predicted octanol–water partition coefficient (Wildman–Crippen LogP) is 2.69. The number of nitrogens with one attached hydrogen (secondary N) is 1. The monoisotopic (exact) mass is 258 g/mol. The molecule has 84 valence electrons. The summed E-state index contributed by atoms with van der Waals surface area (Å²) in [7, 11) is 0. The van der Waals surface area contributed by atoms with E-state index in [0.717, 1.165) is 0 Å². The van der Waals surface area contributed by atoms with Gasteiger partial charge in [0.25, 0.3) is 0 Å². The van der Waals surface area contributed by atoms with Crippen LogP contribution in [-0.4, -0.2) is 15.1 Å². The summed E-state index contributed by atoms with van der Waals surface area (Å²) in [6.07, 6.45) is 1.51. The van der Waals surface area contributed by atoms with E-state index >= 15 is 0 Å². The van der Waals surface area contributed by atoms with Crippen LogP contribution in [-0.2, 0) is 6.54 Å². The summed E-state index contributed by atoms with van der Waals surface area (Å²) >= 11 is 11.7. The van der Waals surface area contributed by atoms with Gasteiger partial charge in [-0.2, -0.15) is 4.98 Å². The van der Waals surface area contributed by atoms with Gasteiger partial charge in [-0.05, 0) is 6.07 Å². The molecule has 0 spiro atoms. The molecule has 0 aromatic carbocycles. The van der Waals surface area contributed by atoms with E-state index < -0.39 is 0 Å². The molecule has 0 fully saturated rings. The van der Waals surface area contributed by atoms with Gasteiger partial charge in [-0.15, -0.1) is 0 Å². The van der Waals surface area contributed by atoms with E-state index in [1.165, 1.54) is 6.20 Å². The van der Waals surface area contributed by atoms with Crippen LogP contribution in [0.1, 0.15) is 11.7 Å². The van der Waals surface area contributed by atoms with Gasteiger partial charge in [0, 0.05) is 13.1 Å². The summed E-state index contributed by atoms with van der Waals surface area (Å²) < 4.78 is 4.83. The van der Waals surface area contributed by atoms with Gasteiger partial charge < -0.3 is 9.84 Å². The van der Waals surface area contributed by atoms with Gasteiger partial charge in [-0.25, -0.2) is 4.98 Å². The molecule has 0 radical (unpaired) electrons. The van der Waals surface area contributed by atoms with Crippen LogP contribution in [0.2, 0.25) is 10.0 Å². The SMILES string of the molecule is Cc1nc(CNc2ncc(Cl)cc2Cl)no1. The molecule has 7 heteroatoms. The Bertz CT molecular complexity index is 500. The molecule has 0 amide bonds. The summed E-state index contributed by atoms with van der Waals surface area (Å²) in [6.45, 7) is 2.12. The lowest BCUT2D eigenvalue weighted by atomic mass is 10.4. The third-order valence-electron chi connectivity index (χ3n) is 1.79. The van der Waals surface area contributed by atoms with Gasteiger partial charge in [-0.3, -0.25) is 0 Å². The van der Waals surface area contributed by atoms with E-state index in [4.69, 9.17) is 27.7 Å². The molecule has 0 saturated carbocycles. The van der Waals surface area contributed by atoms with Gasteiger partial charge in [0.1, 0.15) is 5.82 Å². The Labute approximate surface area is 102 Å². The minimum Gasteiger partial charge on any atom is -0.361 e. The van der Waals surface area contributed by atoms with Crippen molar-refractivity contribution in [2.75, 3.05) is 5.32 Å². The number of aromatic nitrogens is 3. The van der Waals surface area contributed by atoms with Crippen LogP contribution in [0.5, 0.6) is 0 Å². The van der Waals surface area contributed by atoms with Crippen molar-refractivity contribution in [3.05, 3.63) is 34.0 Å². The number of aryl methyl sites for hydroxylation is 1. The molecule has 2 heterocycles. The lowest BCUT2D eigenvalue weighted by Crippen LogP contribution is -2.03. The average Bonchev–Trinajstić information content (AvgIpc) is 2.63. The van der Waals surface area contributed by atoms with Gasteiger partial charge in [-0.1, -0.05) is 28.4 Å². The maximum absolute atomic E-state index is 5.93. The number of rotatable bonds is 3. The molecular formula is C9H8Cl2N4O. The molecule has 0 aliphatic rings. The highest BCUT2D eigenvalue weighted by Gasteiger charge is 2.05. The first kappa shape index (κ1) is 11.2. The fraction of sp³-hybridized carbons (Fsp3) is 0.222. The second-order valence-electron chi connectivity index (χ2n) is 3.07. The van der Waals surface area contributed by atoms with Crippen LogP contribution in [0.3, 0.4) is 0 Å². The van der Waals surface area contributed by atoms with E-state index in [9.17, 15) is 0 Å². The normalized spacial score (nSPS) is 10.4. The van der Waals surface area contributed by atoms with Gasteiger partial charge in [0.05, 0.1) is 16.6 Å². The Morgan fingerprint density at radius 3 is 2.88 bits per heavy atom. The van der Waals surface area contributed by atoms with E-state index in [1.54, 1.807) is 13.0 Å². The Kier molecular flexibility index (Phi) is 3.26. The second-order valence-corrected chi connectivity index (χ2v) is 3.91. The number of hydrogen-bond acceptors (Lipinski definition) is 5. The molecule has 5 nitrogen and oxygen atoms in total. The molecule has 2 aromatic heterocycles. The maximum atomic E-state index is 5.93. The zero-order valence-electron chi connectivity index (χ0n) is 8.37. The highest BCUT2D eigenvalue weighted by Crippen LogP contribution is 2.22. The average molecular weight is 259 g/mol. The highest BCUT2D eigenvalue weighted by atomic mass is 35.5. The van der Waals surface area contributed by atoms with E-state index in [1.807, 2.05) is 0 Å². The number of hydrogen-bond donors (Lipinski definition) is 1. The molecule has 2 rings (SSSR count). The maximum Gasteiger partial charge on any atom is 0.223 e. The fourth-order valence-electron chi connectivity index (χ4n) is 1.12. The predicted molar refractivity (Wildman–Crippen MR) is 60.6 cm³/mol. The minimum absolute atomic E-state index is 0.395. The van der Waals surface area contributed by atoms with Crippen LogP contribution >= 0.6 is 23.2 Å². The van der Waals surface area contributed by atoms with Crippen molar-refractivity contribution in [1.82, 2.24) is 15.1 Å². The highest BCUT2D eigenvalue weighted by molar-refractivity contribution is 6.35. The molecule has 0 aliphatic heterocycles. The molecule has 16 heavy (non-hydrogen) atoms. The lowest BCUT2D eigenvalue weighted by molar-refractivity contribution is 0.388. The van der Waals surface area contributed by atoms with E-state index in [0.29, 0.717) is 34.1 Å². The molecule has 0 bridgehead atoms. The first-order chi connectivity index (χ1) is 7.65. The summed E-state index contributed by atoms with van der Waals surface area (Å²) in [5.74, 6) is 1.60. The molecule has 0 atom stereocenters. The summed E-state index contributed by atoms with van der Waals surface area (Å²) in [5, 5.41) is 7.66. The quantitative estimate of drug-likeness (QED) is 0.917. The van der Waals surface area contributed by atoms with Crippen molar-refractivity contribution in [3.63, 3.8) is 0 Å². The van der Waals surface area contributed by atoms with Crippen LogP contribution in [0.25, 0.3) is 0 Å². The number of halogens is 2. The largest absolute Gasteiger partial charge is 0.361 e. The Morgan fingerprint density at radius 1 is 1.44 bits per heavy atom. The number of anilines is 1. The third kappa shape index (κ3) is 2.62. The van der Waals surface area contributed by atoms with Gasteiger partial charge >= 0.3 is 0 Å². The number of nitrogens with zero attached hydrogens (tertiary/aromatic N) is 3. The van der Waals surface area contributed by atoms with Crippen LogP contribution < -0.4 is 5.32 Å². The molecule has 2 aromatic rings. The van der Waals surface area contributed by atoms with Crippen LogP contribution in [0.4, 0.5) is 5.82 Å². The molecular weight excluding hydrogens is 251 g/mol. The fourth-order valence-corrected chi connectivity index (χ4v) is 1.57. The second kappa shape index (κ2) is 4.67. The Balaban J connectivity index is 2.04. The number of pyridine rings is 1. The Morgan fingerprint density at radius 2 is 2.25 bits per heavy atom. The summed E-state index contributed by atoms with van der Waals surface area (Å²) in [4.78, 5) is 8.07. The standard InChI is InChI=1S/C9H8Cl2N4O/c1-5-14-8(15-16-5)4-13-9-7(11)2-6(10)3-12-9/h2-3H,4H2,1H3,(H,12,13). The molecule has 1 N–H and O–H groups in total. The van der Waals surface area contributed by atoms with Crippen molar-refractivity contribution >= 4 is 29.0 Å². The molecule has 0 saturated heterocycles. The first-order valence-electron chi connectivity index (χ1n) is 4.49. The first-order valence-corrected chi connectivity index (χ1v) is 5.25. The topological polar surface area (TPSA) is 63.8 Å². The van der Waals surface area contributed by atoms with E-state index in [2.05, 4.69) is 20.4 Å². The van der Waals surface area contributed by atoms with Crippen molar-refractivity contribution in [1.29, 1.82) is 0 Å². The van der Waals surface area contributed by atoms with Gasteiger partial charge in [0.15, 0.2) is 5.82 Å². The minimum atomic E-state index is 0.395. The zero-order valence-corrected chi connectivity index (χ0v) is 9.88. The molecule has 0 unspecified atom stereocenters. The zero-order chi connectivity index (χ0) is 11.5. The van der Waals surface area contributed by atoms with Crippen LogP contribution in [0.15, 0.2) is 16.8 Å². The van der Waals surface area contributed by atoms with Crippen molar-refractivity contribution < 1.29 is 4.52 Å². The molecule has 0 aliphatic carbocycles. The van der Waals surface area contributed by atoms with Crippen molar-refractivity contribution in [2.24, 2.45) is 0 Å². The van der Waals surface area contributed by atoms with Crippen LogP contribution in [0, 0.1) is 6.92 Å². The van der Waals surface area contributed by atoms with Crippen molar-refractivity contribution in [2.45, 2.75) is 13.5 Å². The summed E-state index contributed by atoms with van der Waals surface area (Å²) in [5.41, 5.74) is 0. The third-order valence-corrected chi connectivity index (χ3v) is 2.29. The Hall–Kier alpha value is -1.33. The van der Waals surface area contributed by atoms with Gasteiger partial charge in [0.2, 0.25) is 5.89 Å².